The van der Waals surface area contributed by atoms with Crippen molar-refractivity contribution >= 4 is 33.8 Å². The molecule has 0 saturated heterocycles. The van der Waals surface area contributed by atoms with Crippen molar-refractivity contribution in [3.05, 3.63) is 75.5 Å². The van der Waals surface area contributed by atoms with Crippen LogP contribution in [0.4, 0.5) is 16.5 Å². The van der Waals surface area contributed by atoms with Crippen LogP contribution < -0.4 is 10.6 Å². The van der Waals surface area contributed by atoms with Crippen molar-refractivity contribution in [1.82, 2.24) is 9.97 Å². The number of amides is 1. The Morgan fingerprint density at radius 1 is 1.23 bits per heavy atom. The molecule has 0 aliphatic heterocycles. The van der Waals surface area contributed by atoms with E-state index in [0.717, 1.165) is 5.69 Å². The van der Waals surface area contributed by atoms with E-state index in [1.807, 2.05) is 19.1 Å². The highest BCUT2D eigenvalue weighted by molar-refractivity contribution is 7.13. The number of benzene rings is 1. The molecule has 1 aromatic carbocycles. The van der Waals surface area contributed by atoms with Crippen molar-refractivity contribution in [2.45, 2.75) is 13.0 Å². The fourth-order valence-corrected chi connectivity index (χ4v) is 2.86. The van der Waals surface area contributed by atoms with Crippen LogP contribution in [0, 0.1) is 10.1 Å². The van der Waals surface area contributed by atoms with Crippen LogP contribution in [-0.4, -0.2) is 20.8 Å². The number of nitro groups is 1. The largest absolute Gasteiger partial charge is 0.371 e. The minimum absolute atomic E-state index is 0.181. The Morgan fingerprint density at radius 3 is 2.73 bits per heavy atom. The molecule has 0 fully saturated rings. The molecule has 0 aliphatic rings. The summed E-state index contributed by atoms with van der Waals surface area (Å²) in [6, 6.07) is 9.55. The van der Waals surface area contributed by atoms with E-state index in [-0.39, 0.29) is 17.3 Å². The van der Waals surface area contributed by atoms with Gasteiger partial charge in [-0.05, 0) is 31.2 Å². The van der Waals surface area contributed by atoms with Gasteiger partial charge < -0.3 is 5.32 Å². The second-order valence-electron chi connectivity index (χ2n) is 5.40. The van der Waals surface area contributed by atoms with Gasteiger partial charge in [0.2, 0.25) is 0 Å². The number of carbonyl (C=O) groups is 1. The summed E-state index contributed by atoms with van der Waals surface area (Å²) in [5.41, 5.74) is 1.08. The number of nitrogens with zero attached hydrogens (tertiary/aromatic N) is 3. The summed E-state index contributed by atoms with van der Waals surface area (Å²) >= 11 is 1.27. The molecule has 26 heavy (non-hydrogen) atoms. The van der Waals surface area contributed by atoms with Crippen molar-refractivity contribution in [2.75, 3.05) is 10.6 Å². The van der Waals surface area contributed by atoms with E-state index in [0.29, 0.717) is 10.8 Å². The maximum absolute atomic E-state index is 12.2. The quantitative estimate of drug-likeness (QED) is 0.504. The molecule has 2 aromatic heterocycles. The summed E-state index contributed by atoms with van der Waals surface area (Å²) in [5.74, 6) is -0.452. The molecule has 0 spiro atoms. The van der Waals surface area contributed by atoms with Gasteiger partial charge >= 0.3 is 0 Å². The van der Waals surface area contributed by atoms with Gasteiger partial charge in [0.25, 0.3) is 11.6 Å². The number of carbonyl (C=O) groups excluding carboxylic acids is 1. The number of hydrogen-bond donors (Lipinski definition) is 2. The zero-order valence-corrected chi connectivity index (χ0v) is 14.6. The van der Waals surface area contributed by atoms with E-state index in [1.54, 1.807) is 23.8 Å². The van der Waals surface area contributed by atoms with Gasteiger partial charge in [0.05, 0.1) is 16.7 Å². The first-order valence-corrected chi connectivity index (χ1v) is 8.59. The Labute approximate surface area is 153 Å². The number of hydrogen-bond acceptors (Lipinski definition) is 7. The van der Waals surface area contributed by atoms with E-state index in [9.17, 15) is 14.9 Å². The second kappa shape index (κ2) is 7.70. The van der Waals surface area contributed by atoms with Gasteiger partial charge in [-0.2, -0.15) is 0 Å². The van der Waals surface area contributed by atoms with Crippen molar-refractivity contribution in [3.8, 4) is 0 Å². The third kappa shape index (κ3) is 4.01. The van der Waals surface area contributed by atoms with Gasteiger partial charge in [-0.3, -0.25) is 25.2 Å². The van der Waals surface area contributed by atoms with Gasteiger partial charge in [-0.15, -0.1) is 11.3 Å². The van der Waals surface area contributed by atoms with Crippen LogP contribution in [0.5, 0.6) is 0 Å². The molecule has 0 aliphatic carbocycles. The van der Waals surface area contributed by atoms with Crippen LogP contribution in [0.2, 0.25) is 0 Å². The molecule has 0 bridgehead atoms. The highest BCUT2D eigenvalue weighted by Gasteiger charge is 2.20. The lowest BCUT2D eigenvalue weighted by molar-refractivity contribution is -0.384. The number of aromatic nitrogens is 2. The Bertz CT molecular complexity index is 915. The Hall–Kier alpha value is -3.33. The number of nitrogens with one attached hydrogen (secondary N) is 2. The Kier molecular flexibility index (Phi) is 5.18. The zero-order chi connectivity index (χ0) is 18.5. The Balaban J connectivity index is 1.83. The summed E-state index contributed by atoms with van der Waals surface area (Å²) in [6.45, 7) is 1.86. The third-order valence-electron chi connectivity index (χ3n) is 3.61. The van der Waals surface area contributed by atoms with Gasteiger partial charge in [0, 0.05) is 29.4 Å². The van der Waals surface area contributed by atoms with Crippen molar-refractivity contribution in [1.29, 1.82) is 0 Å². The van der Waals surface area contributed by atoms with E-state index >= 15 is 0 Å². The molecular weight excluding hydrogens is 354 g/mol. The molecule has 8 nitrogen and oxygen atoms in total. The maximum atomic E-state index is 12.2. The van der Waals surface area contributed by atoms with E-state index < -0.39 is 10.8 Å². The summed E-state index contributed by atoms with van der Waals surface area (Å²) in [5, 5.41) is 19.3. The third-order valence-corrected chi connectivity index (χ3v) is 4.30. The van der Waals surface area contributed by atoms with Crippen molar-refractivity contribution < 1.29 is 9.72 Å². The first kappa shape index (κ1) is 17.5. The first-order valence-electron chi connectivity index (χ1n) is 7.71. The fraction of sp³-hybridized carbons (Fsp3) is 0.118. The minimum atomic E-state index is -0.520. The molecule has 2 N–H and O–H groups in total. The van der Waals surface area contributed by atoms with Gasteiger partial charge in [0.15, 0.2) is 5.13 Å². The maximum Gasteiger partial charge on any atom is 0.293 e. The number of nitro benzene ring substituents is 1. The molecule has 9 heteroatoms. The number of pyridine rings is 1. The standard InChI is InChI=1S/C17H15N5O3S/c1-11(13-4-2-3-7-18-13)20-14-6-5-12(10-15(14)22(24)25)16(23)21-17-19-8-9-26-17/h2-11,20H,1H3,(H,19,21,23)/t11-/m1/s1. The number of thiazole rings is 1. The second-order valence-corrected chi connectivity index (χ2v) is 6.30. The van der Waals surface area contributed by atoms with E-state index in [4.69, 9.17) is 0 Å². The predicted octanol–water partition coefficient (Wildman–Crippen LogP) is 3.87. The van der Waals surface area contributed by atoms with Crippen LogP contribution in [-0.2, 0) is 0 Å². The number of anilines is 2. The predicted molar refractivity (Wildman–Crippen MR) is 99.4 cm³/mol. The number of rotatable bonds is 6. The SMILES string of the molecule is C[C@@H](Nc1ccc(C(=O)Nc2nccs2)cc1[N+](=O)[O-])c1ccccn1. The molecule has 0 radical (unpaired) electrons. The average molecular weight is 369 g/mol. The van der Waals surface area contributed by atoms with E-state index in [2.05, 4.69) is 20.6 Å². The molecule has 3 aromatic rings. The molecule has 3 rings (SSSR count). The molecular formula is C17H15N5O3S. The zero-order valence-electron chi connectivity index (χ0n) is 13.7. The van der Waals surface area contributed by atoms with Crippen LogP contribution in [0.25, 0.3) is 0 Å². The molecule has 132 valence electrons. The first-order chi connectivity index (χ1) is 12.5. The monoisotopic (exact) mass is 369 g/mol. The highest BCUT2D eigenvalue weighted by Crippen LogP contribution is 2.29. The molecule has 1 amide bonds. The normalized spacial score (nSPS) is 11.6. The smallest absolute Gasteiger partial charge is 0.293 e. The van der Waals surface area contributed by atoms with Crippen molar-refractivity contribution in [2.24, 2.45) is 0 Å². The summed E-state index contributed by atoms with van der Waals surface area (Å²) in [7, 11) is 0. The van der Waals surface area contributed by atoms with Crippen molar-refractivity contribution in [3.63, 3.8) is 0 Å². The summed E-state index contributed by atoms with van der Waals surface area (Å²) < 4.78 is 0. The molecule has 0 unspecified atom stereocenters. The van der Waals surface area contributed by atoms with Gasteiger partial charge in [-0.1, -0.05) is 6.07 Å². The van der Waals surface area contributed by atoms with Crippen LogP contribution in [0.3, 0.4) is 0 Å². The highest BCUT2D eigenvalue weighted by atomic mass is 32.1. The summed E-state index contributed by atoms with van der Waals surface area (Å²) in [6.07, 6.45) is 3.22. The molecule has 0 saturated carbocycles. The molecule has 2 heterocycles. The lowest BCUT2D eigenvalue weighted by Gasteiger charge is -2.15. The lowest BCUT2D eigenvalue weighted by Crippen LogP contribution is -2.13. The van der Waals surface area contributed by atoms with Crippen LogP contribution in [0.1, 0.15) is 29.0 Å². The molecule has 1 atom stereocenters. The van der Waals surface area contributed by atoms with Gasteiger partial charge in [0.1, 0.15) is 5.69 Å². The Morgan fingerprint density at radius 2 is 2.08 bits per heavy atom. The van der Waals surface area contributed by atoms with E-state index in [1.165, 1.54) is 29.5 Å². The van der Waals surface area contributed by atoms with Crippen LogP contribution in [0.15, 0.2) is 54.2 Å². The fourth-order valence-electron chi connectivity index (χ4n) is 2.34. The summed E-state index contributed by atoms with van der Waals surface area (Å²) in [4.78, 5) is 31.4. The topological polar surface area (TPSA) is 110 Å². The van der Waals surface area contributed by atoms with Gasteiger partial charge in [-0.25, -0.2) is 4.98 Å². The minimum Gasteiger partial charge on any atom is -0.371 e. The lowest BCUT2D eigenvalue weighted by atomic mass is 10.1. The average Bonchev–Trinajstić information content (AvgIpc) is 3.15. The van der Waals surface area contributed by atoms with Crippen LogP contribution >= 0.6 is 11.3 Å².